The first-order valence-electron chi connectivity index (χ1n) is 10.3. The number of methoxy groups -OCH3 is 1. The molecule has 1 heterocycles. The maximum atomic E-state index is 12.6. The SMILES string of the molecule is CCn1c(SCC(=O)Nc2ccc(C)cc2)nnc1[C@@H](C)NC(=O)c1ccc(OC)cc1. The molecule has 0 aliphatic rings. The largest absolute Gasteiger partial charge is 0.497 e. The van der Waals surface area contributed by atoms with E-state index in [1.54, 1.807) is 31.4 Å². The van der Waals surface area contributed by atoms with Crippen LogP contribution in [0, 0.1) is 6.92 Å². The van der Waals surface area contributed by atoms with Gasteiger partial charge in [-0.3, -0.25) is 9.59 Å². The first-order chi connectivity index (χ1) is 15.4. The van der Waals surface area contributed by atoms with E-state index < -0.39 is 0 Å². The number of benzene rings is 2. The Hall–Kier alpha value is -3.33. The number of aromatic nitrogens is 3. The second-order valence-corrected chi connectivity index (χ2v) is 8.15. The van der Waals surface area contributed by atoms with Crippen molar-refractivity contribution < 1.29 is 14.3 Å². The van der Waals surface area contributed by atoms with Crippen molar-refractivity contribution in [3.63, 3.8) is 0 Å². The van der Waals surface area contributed by atoms with Crippen molar-refractivity contribution in [1.82, 2.24) is 20.1 Å². The van der Waals surface area contributed by atoms with Gasteiger partial charge in [-0.2, -0.15) is 0 Å². The molecular weight excluding hydrogens is 426 g/mol. The van der Waals surface area contributed by atoms with Crippen molar-refractivity contribution in [3.05, 3.63) is 65.5 Å². The summed E-state index contributed by atoms with van der Waals surface area (Å²) in [5.74, 6) is 1.20. The second kappa shape index (κ2) is 10.8. The van der Waals surface area contributed by atoms with Gasteiger partial charge in [0.25, 0.3) is 5.91 Å². The van der Waals surface area contributed by atoms with Gasteiger partial charge < -0.3 is 19.9 Å². The molecule has 0 unspecified atom stereocenters. The van der Waals surface area contributed by atoms with Crippen molar-refractivity contribution in [3.8, 4) is 5.75 Å². The number of hydrogen-bond acceptors (Lipinski definition) is 6. The quantitative estimate of drug-likeness (QED) is 0.478. The normalized spacial score (nSPS) is 11.6. The minimum absolute atomic E-state index is 0.119. The molecule has 1 aromatic heterocycles. The molecule has 0 bridgehead atoms. The molecule has 0 aliphatic carbocycles. The highest BCUT2D eigenvalue weighted by Gasteiger charge is 2.20. The molecule has 3 aromatic rings. The van der Waals surface area contributed by atoms with Gasteiger partial charge in [0.2, 0.25) is 5.91 Å². The Bertz CT molecular complexity index is 1060. The van der Waals surface area contributed by atoms with Crippen molar-refractivity contribution in [1.29, 1.82) is 0 Å². The Morgan fingerprint density at radius 1 is 1.09 bits per heavy atom. The van der Waals surface area contributed by atoms with Gasteiger partial charge in [-0.05, 0) is 57.2 Å². The average molecular weight is 454 g/mol. The molecule has 2 amide bonds. The van der Waals surface area contributed by atoms with E-state index in [1.165, 1.54) is 11.8 Å². The van der Waals surface area contributed by atoms with Crippen LogP contribution in [0.5, 0.6) is 5.75 Å². The number of nitrogens with one attached hydrogen (secondary N) is 2. The van der Waals surface area contributed by atoms with E-state index in [2.05, 4.69) is 20.8 Å². The zero-order valence-corrected chi connectivity index (χ0v) is 19.4. The predicted octanol–water partition coefficient (Wildman–Crippen LogP) is 3.84. The smallest absolute Gasteiger partial charge is 0.251 e. The molecule has 0 spiro atoms. The van der Waals surface area contributed by atoms with Crippen LogP contribution >= 0.6 is 11.8 Å². The summed E-state index contributed by atoms with van der Waals surface area (Å²) in [5, 5.41) is 14.9. The van der Waals surface area contributed by atoms with E-state index in [9.17, 15) is 9.59 Å². The van der Waals surface area contributed by atoms with Crippen LogP contribution in [-0.2, 0) is 11.3 Å². The topological polar surface area (TPSA) is 98.1 Å². The zero-order chi connectivity index (χ0) is 23.1. The van der Waals surface area contributed by atoms with Crippen LogP contribution in [0.1, 0.15) is 41.6 Å². The van der Waals surface area contributed by atoms with Gasteiger partial charge in [-0.15, -0.1) is 10.2 Å². The van der Waals surface area contributed by atoms with Gasteiger partial charge in [0.05, 0.1) is 18.9 Å². The van der Waals surface area contributed by atoms with E-state index in [0.29, 0.717) is 28.8 Å². The number of amides is 2. The Morgan fingerprint density at radius 3 is 2.41 bits per heavy atom. The number of carbonyl (C=O) groups is 2. The molecule has 0 radical (unpaired) electrons. The van der Waals surface area contributed by atoms with E-state index in [0.717, 1.165) is 11.3 Å². The zero-order valence-electron chi connectivity index (χ0n) is 18.6. The average Bonchev–Trinajstić information content (AvgIpc) is 3.22. The van der Waals surface area contributed by atoms with Crippen LogP contribution in [0.2, 0.25) is 0 Å². The van der Waals surface area contributed by atoms with Crippen molar-refractivity contribution in [2.45, 2.75) is 38.5 Å². The maximum absolute atomic E-state index is 12.6. The summed E-state index contributed by atoms with van der Waals surface area (Å²) in [6.07, 6.45) is 0. The first kappa shape index (κ1) is 23.3. The molecule has 32 heavy (non-hydrogen) atoms. The van der Waals surface area contributed by atoms with Crippen LogP contribution in [0.3, 0.4) is 0 Å². The molecule has 9 heteroatoms. The van der Waals surface area contributed by atoms with Crippen LogP contribution in [-0.4, -0.2) is 39.4 Å². The summed E-state index contributed by atoms with van der Waals surface area (Å²) < 4.78 is 7.03. The van der Waals surface area contributed by atoms with Crippen molar-refractivity contribution >= 4 is 29.3 Å². The highest BCUT2D eigenvalue weighted by Crippen LogP contribution is 2.21. The summed E-state index contributed by atoms with van der Waals surface area (Å²) in [5.41, 5.74) is 2.42. The molecule has 168 valence electrons. The third kappa shape index (κ3) is 5.88. The van der Waals surface area contributed by atoms with E-state index in [4.69, 9.17) is 4.74 Å². The van der Waals surface area contributed by atoms with E-state index in [1.807, 2.05) is 49.6 Å². The third-order valence-corrected chi connectivity index (χ3v) is 5.78. The van der Waals surface area contributed by atoms with Gasteiger partial charge in [-0.25, -0.2) is 0 Å². The number of nitrogens with zero attached hydrogens (tertiary/aromatic N) is 3. The van der Waals surface area contributed by atoms with Crippen LogP contribution in [0.15, 0.2) is 53.7 Å². The fourth-order valence-corrected chi connectivity index (χ4v) is 3.88. The fraction of sp³-hybridized carbons (Fsp3) is 0.304. The van der Waals surface area contributed by atoms with Gasteiger partial charge in [0.1, 0.15) is 5.75 Å². The maximum Gasteiger partial charge on any atom is 0.251 e. The number of thioether (sulfide) groups is 1. The number of ether oxygens (including phenoxy) is 1. The number of anilines is 1. The molecule has 0 saturated heterocycles. The molecule has 0 aliphatic heterocycles. The molecule has 0 saturated carbocycles. The van der Waals surface area contributed by atoms with E-state index >= 15 is 0 Å². The first-order valence-corrected chi connectivity index (χ1v) is 11.3. The van der Waals surface area contributed by atoms with Crippen molar-refractivity contribution in [2.24, 2.45) is 0 Å². The summed E-state index contributed by atoms with van der Waals surface area (Å²) in [6.45, 7) is 6.45. The van der Waals surface area contributed by atoms with Gasteiger partial charge in [0.15, 0.2) is 11.0 Å². The van der Waals surface area contributed by atoms with Crippen molar-refractivity contribution in [2.75, 3.05) is 18.2 Å². The number of rotatable bonds is 9. The number of aryl methyl sites for hydroxylation is 1. The summed E-state index contributed by atoms with van der Waals surface area (Å²) in [7, 11) is 1.58. The van der Waals surface area contributed by atoms with Gasteiger partial charge in [-0.1, -0.05) is 29.5 Å². The molecule has 8 nitrogen and oxygen atoms in total. The standard InChI is InChI=1S/C23H27N5O3S/c1-5-28-21(16(3)24-22(30)17-8-12-19(31-4)13-9-17)26-27-23(28)32-14-20(29)25-18-10-6-15(2)7-11-18/h6-13,16H,5,14H2,1-4H3,(H,24,30)(H,25,29)/t16-/m1/s1. The molecule has 3 rings (SSSR count). The summed E-state index contributed by atoms with van der Waals surface area (Å²) in [4.78, 5) is 24.9. The lowest BCUT2D eigenvalue weighted by molar-refractivity contribution is -0.113. The summed E-state index contributed by atoms with van der Waals surface area (Å²) >= 11 is 1.31. The Labute approximate surface area is 191 Å². The second-order valence-electron chi connectivity index (χ2n) is 7.21. The Kier molecular flexibility index (Phi) is 7.88. The highest BCUT2D eigenvalue weighted by molar-refractivity contribution is 7.99. The fourth-order valence-electron chi connectivity index (χ4n) is 3.08. The number of hydrogen-bond donors (Lipinski definition) is 2. The molecule has 0 fully saturated rings. The Morgan fingerprint density at radius 2 is 1.78 bits per heavy atom. The Balaban J connectivity index is 1.60. The molecule has 2 aromatic carbocycles. The predicted molar refractivity (Wildman–Crippen MR) is 125 cm³/mol. The molecular formula is C23H27N5O3S. The van der Waals surface area contributed by atoms with Gasteiger partial charge >= 0.3 is 0 Å². The lowest BCUT2D eigenvalue weighted by atomic mass is 10.2. The highest BCUT2D eigenvalue weighted by atomic mass is 32.2. The minimum Gasteiger partial charge on any atom is -0.497 e. The van der Waals surface area contributed by atoms with E-state index in [-0.39, 0.29) is 23.6 Å². The lowest BCUT2D eigenvalue weighted by Crippen LogP contribution is -2.28. The van der Waals surface area contributed by atoms with Gasteiger partial charge in [0, 0.05) is 17.8 Å². The lowest BCUT2D eigenvalue weighted by Gasteiger charge is -2.15. The third-order valence-electron chi connectivity index (χ3n) is 4.82. The van der Waals surface area contributed by atoms with Crippen LogP contribution < -0.4 is 15.4 Å². The van der Waals surface area contributed by atoms with Crippen LogP contribution in [0.25, 0.3) is 0 Å². The monoisotopic (exact) mass is 453 g/mol. The molecule has 1 atom stereocenters. The molecule has 2 N–H and O–H groups in total. The van der Waals surface area contributed by atoms with Crippen LogP contribution in [0.4, 0.5) is 5.69 Å². The summed E-state index contributed by atoms with van der Waals surface area (Å²) in [6, 6.07) is 14.2. The minimum atomic E-state index is -0.354. The number of carbonyl (C=O) groups excluding carboxylic acids is 2.